The maximum atomic E-state index is 12.5. The average molecular weight is 409 g/mol. The van der Waals surface area contributed by atoms with E-state index in [1.165, 1.54) is 36.3 Å². The summed E-state index contributed by atoms with van der Waals surface area (Å²) in [7, 11) is 0. The number of nitrogens with one attached hydrogen (secondary N) is 1. The lowest BCUT2D eigenvalue weighted by Crippen LogP contribution is -2.46. The maximum absolute atomic E-state index is 12.5. The first-order valence-corrected chi connectivity index (χ1v) is 10.8. The molecule has 3 rings (SSSR count). The van der Waals surface area contributed by atoms with Gasteiger partial charge in [-0.3, -0.25) is 9.59 Å². The van der Waals surface area contributed by atoms with Crippen molar-refractivity contribution in [3.05, 3.63) is 24.2 Å². The van der Waals surface area contributed by atoms with Gasteiger partial charge in [0.15, 0.2) is 6.61 Å². The number of amides is 2. The minimum atomic E-state index is -0.723. The third kappa shape index (κ3) is 4.54. The number of hydrogen-bond acceptors (Lipinski definition) is 6. The standard InChI is InChI=1S/C20H28N2O5S/c1-12-6-4-7-15(13(12)2)21-18(24)10-27-20(25)16-11-28-19(22(16)14(3)23)17-8-5-9-26-17/h5,8-9,12-13,15-16,19H,4,6-7,10-11H2,1-3H3,(H,21,24)/t12-,13+,15-,16-,19+/m0/s1. The third-order valence-corrected chi connectivity index (χ3v) is 7.10. The van der Waals surface area contributed by atoms with Crippen LogP contribution in [0.2, 0.25) is 0 Å². The highest BCUT2D eigenvalue weighted by molar-refractivity contribution is 7.99. The smallest absolute Gasteiger partial charge is 0.330 e. The number of nitrogens with zero attached hydrogens (tertiary/aromatic N) is 1. The van der Waals surface area contributed by atoms with Crippen molar-refractivity contribution in [2.45, 2.75) is 57.5 Å². The van der Waals surface area contributed by atoms with E-state index >= 15 is 0 Å². The van der Waals surface area contributed by atoms with E-state index < -0.39 is 12.0 Å². The van der Waals surface area contributed by atoms with Gasteiger partial charge < -0.3 is 19.4 Å². The summed E-state index contributed by atoms with van der Waals surface area (Å²) in [6.45, 7) is 5.44. The van der Waals surface area contributed by atoms with Crippen molar-refractivity contribution in [1.82, 2.24) is 10.2 Å². The van der Waals surface area contributed by atoms with Gasteiger partial charge in [-0.2, -0.15) is 0 Å². The molecule has 8 heteroatoms. The quantitative estimate of drug-likeness (QED) is 0.754. The summed E-state index contributed by atoms with van der Waals surface area (Å²) in [6.07, 6.45) is 4.77. The summed E-state index contributed by atoms with van der Waals surface area (Å²) in [6, 6.07) is 2.92. The molecule has 0 radical (unpaired) electrons. The van der Waals surface area contributed by atoms with Crippen molar-refractivity contribution < 1.29 is 23.5 Å². The molecule has 1 aromatic rings. The molecule has 2 aliphatic rings. The van der Waals surface area contributed by atoms with Crippen LogP contribution in [0.5, 0.6) is 0 Å². The van der Waals surface area contributed by atoms with Gasteiger partial charge in [-0.15, -0.1) is 11.8 Å². The molecule has 1 aliphatic heterocycles. The largest absolute Gasteiger partial charge is 0.466 e. The fourth-order valence-electron chi connectivity index (χ4n) is 3.99. The third-order valence-electron chi connectivity index (χ3n) is 5.82. The Labute approximate surface area is 169 Å². The highest BCUT2D eigenvalue weighted by Crippen LogP contribution is 2.41. The Bertz CT molecular complexity index is 707. The average Bonchev–Trinajstić information content (AvgIpc) is 3.32. The van der Waals surface area contributed by atoms with Crippen LogP contribution in [-0.4, -0.2) is 47.1 Å². The number of ether oxygens (including phenoxy) is 1. The van der Waals surface area contributed by atoms with Crippen LogP contribution in [-0.2, 0) is 19.1 Å². The number of thioether (sulfide) groups is 1. The summed E-state index contributed by atoms with van der Waals surface area (Å²) in [5.41, 5.74) is 0. The molecule has 2 fully saturated rings. The lowest BCUT2D eigenvalue weighted by atomic mass is 9.78. The fraction of sp³-hybridized carbons (Fsp3) is 0.650. The summed E-state index contributed by atoms with van der Waals surface area (Å²) < 4.78 is 10.6. The molecule has 2 amide bonds. The maximum Gasteiger partial charge on any atom is 0.330 e. The molecular formula is C20H28N2O5S. The molecule has 1 aliphatic carbocycles. The molecule has 0 unspecified atom stereocenters. The predicted octanol–water partition coefficient (Wildman–Crippen LogP) is 2.73. The molecule has 154 valence electrons. The monoisotopic (exact) mass is 408 g/mol. The second-order valence-electron chi connectivity index (χ2n) is 7.69. The number of esters is 1. The van der Waals surface area contributed by atoms with Gasteiger partial charge in [-0.1, -0.05) is 26.7 Å². The van der Waals surface area contributed by atoms with E-state index in [9.17, 15) is 14.4 Å². The number of rotatable bonds is 5. The zero-order valence-electron chi connectivity index (χ0n) is 16.6. The number of furan rings is 1. The minimum absolute atomic E-state index is 0.119. The molecule has 1 N–H and O–H groups in total. The Kier molecular flexibility index (Phi) is 6.69. The van der Waals surface area contributed by atoms with Gasteiger partial charge in [0, 0.05) is 18.7 Å². The second kappa shape index (κ2) is 9.03. The summed E-state index contributed by atoms with van der Waals surface area (Å²) in [5.74, 6) is 0.916. The van der Waals surface area contributed by atoms with Crippen molar-refractivity contribution in [3.63, 3.8) is 0 Å². The molecule has 1 saturated carbocycles. The van der Waals surface area contributed by atoms with Crippen LogP contribution in [0.15, 0.2) is 22.8 Å². The van der Waals surface area contributed by atoms with E-state index in [2.05, 4.69) is 19.2 Å². The van der Waals surface area contributed by atoms with Crippen LogP contribution >= 0.6 is 11.8 Å². The first-order chi connectivity index (χ1) is 13.4. The molecule has 0 aromatic carbocycles. The van der Waals surface area contributed by atoms with Crippen LogP contribution in [0.1, 0.15) is 51.2 Å². The van der Waals surface area contributed by atoms with Gasteiger partial charge in [0.25, 0.3) is 5.91 Å². The summed E-state index contributed by atoms with van der Waals surface area (Å²) >= 11 is 1.45. The molecule has 1 aromatic heterocycles. The number of hydrogen-bond donors (Lipinski definition) is 1. The van der Waals surface area contributed by atoms with Crippen molar-refractivity contribution in [1.29, 1.82) is 0 Å². The van der Waals surface area contributed by atoms with Gasteiger partial charge in [-0.25, -0.2) is 4.79 Å². The zero-order chi connectivity index (χ0) is 20.3. The van der Waals surface area contributed by atoms with Crippen LogP contribution in [0, 0.1) is 11.8 Å². The molecule has 0 bridgehead atoms. The summed E-state index contributed by atoms with van der Waals surface area (Å²) in [4.78, 5) is 38.4. The molecule has 5 atom stereocenters. The van der Waals surface area contributed by atoms with Gasteiger partial charge in [0.05, 0.1) is 6.26 Å². The Morgan fingerprint density at radius 1 is 1.32 bits per heavy atom. The first kappa shape index (κ1) is 20.8. The van der Waals surface area contributed by atoms with E-state index in [0.29, 0.717) is 23.3 Å². The first-order valence-electron chi connectivity index (χ1n) is 9.78. The Hall–Kier alpha value is -1.96. The molecule has 7 nitrogen and oxygen atoms in total. The van der Waals surface area contributed by atoms with E-state index in [0.717, 1.165) is 12.8 Å². The van der Waals surface area contributed by atoms with E-state index in [1.807, 2.05) is 0 Å². The summed E-state index contributed by atoms with van der Waals surface area (Å²) in [5, 5.41) is 2.64. The Balaban J connectivity index is 1.54. The number of carbonyl (C=O) groups is 3. The van der Waals surface area contributed by atoms with Crippen molar-refractivity contribution in [3.8, 4) is 0 Å². The van der Waals surface area contributed by atoms with Gasteiger partial charge in [0.2, 0.25) is 5.91 Å². The minimum Gasteiger partial charge on any atom is -0.466 e. The molecule has 0 spiro atoms. The fourth-order valence-corrected chi connectivity index (χ4v) is 5.41. The lowest BCUT2D eigenvalue weighted by molar-refractivity contribution is -0.156. The molecule has 1 saturated heterocycles. The van der Waals surface area contributed by atoms with Gasteiger partial charge in [-0.05, 0) is 30.4 Å². The van der Waals surface area contributed by atoms with E-state index in [-0.39, 0.29) is 29.8 Å². The predicted molar refractivity (Wildman–Crippen MR) is 105 cm³/mol. The highest BCUT2D eigenvalue weighted by atomic mass is 32.2. The normalized spacial score (nSPS) is 30.1. The van der Waals surface area contributed by atoms with Crippen molar-refractivity contribution in [2.24, 2.45) is 11.8 Å². The highest BCUT2D eigenvalue weighted by Gasteiger charge is 2.43. The van der Waals surface area contributed by atoms with Gasteiger partial charge >= 0.3 is 5.97 Å². The van der Waals surface area contributed by atoms with E-state index in [1.54, 1.807) is 12.1 Å². The number of carbonyl (C=O) groups excluding carboxylic acids is 3. The van der Waals surface area contributed by atoms with Crippen LogP contribution in [0.25, 0.3) is 0 Å². The SMILES string of the molecule is CC(=O)N1[C@@H](c2ccco2)SC[C@H]1C(=O)OCC(=O)N[C@H]1CCC[C@H](C)[C@H]1C. The van der Waals surface area contributed by atoms with E-state index in [4.69, 9.17) is 9.15 Å². The molecular weight excluding hydrogens is 380 g/mol. The zero-order valence-corrected chi connectivity index (χ0v) is 17.4. The molecule has 28 heavy (non-hydrogen) atoms. The van der Waals surface area contributed by atoms with Gasteiger partial charge in [0.1, 0.15) is 17.2 Å². The topological polar surface area (TPSA) is 88.8 Å². The second-order valence-corrected chi connectivity index (χ2v) is 8.81. The van der Waals surface area contributed by atoms with Crippen LogP contribution in [0.4, 0.5) is 0 Å². The Morgan fingerprint density at radius 2 is 2.11 bits per heavy atom. The Morgan fingerprint density at radius 3 is 2.79 bits per heavy atom. The van der Waals surface area contributed by atoms with Crippen LogP contribution < -0.4 is 5.32 Å². The van der Waals surface area contributed by atoms with Crippen molar-refractivity contribution >= 4 is 29.5 Å². The lowest BCUT2D eigenvalue weighted by Gasteiger charge is -2.34. The van der Waals surface area contributed by atoms with Crippen molar-refractivity contribution in [2.75, 3.05) is 12.4 Å². The molecule has 2 heterocycles. The van der Waals surface area contributed by atoms with Crippen LogP contribution in [0.3, 0.4) is 0 Å².